The van der Waals surface area contributed by atoms with Crippen LogP contribution in [0.4, 0.5) is 5.82 Å². The second-order valence-electron chi connectivity index (χ2n) is 4.67. The fourth-order valence-corrected chi connectivity index (χ4v) is 1.92. The lowest BCUT2D eigenvalue weighted by molar-refractivity contribution is 0.0614. The second-order valence-corrected chi connectivity index (χ2v) is 4.67. The number of methoxy groups -OCH3 is 1. The molecule has 1 amide bonds. The van der Waals surface area contributed by atoms with Gasteiger partial charge >= 0.3 is 0 Å². The van der Waals surface area contributed by atoms with Crippen molar-refractivity contribution in [3.05, 3.63) is 23.4 Å². The van der Waals surface area contributed by atoms with Crippen LogP contribution in [-0.2, 0) is 4.74 Å². The van der Waals surface area contributed by atoms with Gasteiger partial charge < -0.3 is 15.4 Å². The van der Waals surface area contributed by atoms with Crippen LogP contribution in [0.1, 0.15) is 36.3 Å². The zero-order chi connectivity index (χ0) is 14.4. The topological polar surface area (TPSA) is 68.5 Å². The van der Waals surface area contributed by atoms with E-state index in [2.05, 4.69) is 11.9 Å². The van der Waals surface area contributed by atoms with E-state index < -0.39 is 0 Å². The van der Waals surface area contributed by atoms with E-state index in [1.54, 1.807) is 19.2 Å². The first-order valence-electron chi connectivity index (χ1n) is 6.53. The van der Waals surface area contributed by atoms with Gasteiger partial charge in [0, 0.05) is 31.0 Å². The van der Waals surface area contributed by atoms with E-state index in [-0.39, 0.29) is 11.9 Å². The molecule has 5 heteroatoms. The summed E-state index contributed by atoms with van der Waals surface area (Å²) in [6.07, 6.45) is 0.898. The Labute approximate surface area is 114 Å². The van der Waals surface area contributed by atoms with Crippen molar-refractivity contribution in [3.63, 3.8) is 0 Å². The second kappa shape index (κ2) is 7.09. The van der Waals surface area contributed by atoms with E-state index in [1.807, 2.05) is 18.7 Å². The molecule has 19 heavy (non-hydrogen) atoms. The first-order valence-corrected chi connectivity index (χ1v) is 6.53. The van der Waals surface area contributed by atoms with E-state index >= 15 is 0 Å². The van der Waals surface area contributed by atoms with Gasteiger partial charge in [-0.25, -0.2) is 4.98 Å². The molecule has 0 spiro atoms. The number of anilines is 1. The molecule has 0 bridgehead atoms. The Morgan fingerprint density at radius 2 is 2.21 bits per heavy atom. The number of pyridine rings is 1. The van der Waals surface area contributed by atoms with Crippen LogP contribution < -0.4 is 5.73 Å². The molecular weight excluding hydrogens is 242 g/mol. The van der Waals surface area contributed by atoms with Crippen LogP contribution in [0.2, 0.25) is 0 Å². The van der Waals surface area contributed by atoms with Gasteiger partial charge in [-0.1, -0.05) is 6.92 Å². The molecule has 1 heterocycles. The van der Waals surface area contributed by atoms with Crippen LogP contribution in [0.15, 0.2) is 12.1 Å². The maximum Gasteiger partial charge on any atom is 0.254 e. The molecule has 0 aromatic carbocycles. The fraction of sp³-hybridized carbons (Fsp3) is 0.571. The SMILES string of the molecule is CCC(C)N(CCOC)C(=O)c1cc(C)nc(N)c1. The van der Waals surface area contributed by atoms with Crippen LogP contribution in [0.25, 0.3) is 0 Å². The van der Waals surface area contributed by atoms with Crippen LogP contribution >= 0.6 is 0 Å². The molecule has 0 aliphatic rings. The predicted molar refractivity (Wildman–Crippen MR) is 76.1 cm³/mol. The Morgan fingerprint density at radius 1 is 1.53 bits per heavy atom. The maximum absolute atomic E-state index is 12.5. The number of nitrogens with two attached hydrogens (primary N) is 1. The summed E-state index contributed by atoms with van der Waals surface area (Å²) in [6.45, 7) is 7.02. The number of aryl methyl sites for hydroxylation is 1. The third kappa shape index (κ3) is 4.21. The largest absolute Gasteiger partial charge is 0.384 e. The number of hydrogen-bond acceptors (Lipinski definition) is 4. The summed E-state index contributed by atoms with van der Waals surface area (Å²) in [5.41, 5.74) is 7.03. The van der Waals surface area contributed by atoms with Gasteiger partial charge in [0.05, 0.1) is 6.61 Å². The van der Waals surface area contributed by atoms with Gasteiger partial charge in [-0.2, -0.15) is 0 Å². The summed E-state index contributed by atoms with van der Waals surface area (Å²) in [6, 6.07) is 3.55. The number of nitrogen functional groups attached to an aromatic ring is 1. The molecule has 1 aromatic rings. The quantitative estimate of drug-likeness (QED) is 0.852. The number of ether oxygens (including phenoxy) is 1. The van der Waals surface area contributed by atoms with Crippen LogP contribution in [-0.4, -0.2) is 42.1 Å². The number of rotatable bonds is 6. The van der Waals surface area contributed by atoms with Crippen LogP contribution in [0.3, 0.4) is 0 Å². The lowest BCUT2D eigenvalue weighted by Gasteiger charge is -2.28. The molecule has 1 rings (SSSR count). The molecule has 0 aliphatic heterocycles. The highest BCUT2D eigenvalue weighted by atomic mass is 16.5. The molecule has 0 aliphatic carbocycles. The minimum absolute atomic E-state index is 0.0244. The summed E-state index contributed by atoms with van der Waals surface area (Å²) in [5, 5.41) is 0. The molecule has 106 valence electrons. The molecule has 0 radical (unpaired) electrons. The average molecular weight is 265 g/mol. The number of nitrogens with zero attached hydrogens (tertiary/aromatic N) is 2. The molecule has 5 nitrogen and oxygen atoms in total. The Hall–Kier alpha value is -1.62. The molecule has 1 atom stereocenters. The number of hydrogen-bond donors (Lipinski definition) is 1. The van der Waals surface area contributed by atoms with Crippen molar-refractivity contribution >= 4 is 11.7 Å². The highest BCUT2D eigenvalue weighted by molar-refractivity contribution is 5.95. The van der Waals surface area contributed by atoms with E-state index in [0.29, 0.717) is 24.5 Å². The van der Waals surface area contributed by atoms with Crippen molar-refractivity contribution in [2.75, 3.05) is 26.0 Å². The molecule has 1 aromatic heterocycles. The minimum Gasteiger partial charge on any atom is -0.384 e. The predicted octanol–water partition coefficient (Wildman–Crippen LogP) is 1.86. The summed E-state index contributed by atoms with van der Waals surface area (Å²) in [4.78, 5) is 18.4. The lowest BCUT2D eigenvalue weighted by atomic mass is 10.1. The van der Waals surface area contributed by atoms with Crippen LogP contribution in [0.5, 0.6) is 0 Å². The Bertz CT molecular complexity index is 414. The maximum atomic E-state index is 12.5. The molecule has 0 fully saturated rings. The molecule has 0 saturated carbocycles. The number of carbonyl (C=O) groups is 1. The van der Waals surface area contributed by atoms with Crippen molar-refractivity contribution < 1.29 is 9.53 Å². The minimum atomic E-state index is -0.0244. The van der Waals surface area contributed by atoms with Crippen molar-refractivity contribution in [2.24, 2.45) is 0 Å². The Balaban J connectivity index is 2.97. The highest BCUT2D eigenvalue weighted by Gasteiger charge is 2.20. The van der Waals surface area contributed by atoms with Crippen molar-refractivity contribution in [3.8, 4) is 0 Å². The zero-order valence-corrected chi connectivity index (χ0v) is 12.1. The normalized spacial score (nSPS) is 12.2. The van der Waals surface area contributed by atoms with Gasteiger partial charge in [0.2, 0.25) is 0 Å². The number of amides is 1. The third-order valence-electron chi connectivity index (χ3n) is 3.14. The summed E-state index contributed by atoms with van der Waals surface area (Å²) in [7, 11) is 1.63. The molecule has 2 N–H and O–H groups in total. The third-order valence-corrected chi connectivity index (χ3v) is 3.14. The molecular formula is C14H23N3O2. The molecule has 0 saturated heterocycles. The first-order chi connectivity index (χ1) is 8.99. The van der Waals surface area contributed by atoms with Gasteiger partial charge in [0.25, 0.3) is 5.91 Å². The Kier molecular flexibility index (Phi) is 5.76. The number of aromatic nitrogens is 1. The van der Waals surface area contributed by atoms with Gasteiger partial charge in [-0.05, 0) is 32.4 Å². The average Bonchev–Trinajstić information content (AvgIpc) is 2.37. The fourth-order valence-electron chi connectivity index (χ4n) is 1.92. The van der Waals surface area contributed by atoms with Crippen molar-refractivity contribution in [1.29, 1.82) is 0 Å². The smallest absolute Gasteiger partial charge is 0.254 e. The standard InChI is InChI=1S/C14H23N3O2/c1-5-11(3)17(6-7-19-4)14(18)12-8-10(2)16-13(15)9-12/h8-9,11H,5-7H2,1-4H3,(H2,15,16). The van der Waals surface area contributed by atoms with Gasteiger partial charge in [0.15, 0.2) is 0 Å². The zero-order valence-electron chi connectivity index (χ0n) is 12.1. The highest BCUT2D eigenvalue weighted by Crippen LogP contribution is 2.13. The van der Waals surface area contributed by atoms with Crippen LogP contribution in [0, 0.1) is 6.92 Å². The van der Waals surface area contributed by atoms with E-state index in [1.165, 1.54) is 0 Å². The summed E-state index contributed by atoms with van der Waals surface area (Å²) < 4.78 is 5.07. The van der Waals surface area contributed by atoms with E-state index in [9.17, 15) is 4.79 Å². The number of carbonyl (C=O) groups excluding carboxylic acids is 1. The van der Waals surface area contributed by atoms with Gasteiger partial charge in [-0.3, -0.25) is 4.79 Å². The lowest BCUT2D eigenvalue weighted by Crippen LogP contribution is -2.40. The summed E-state index contributed by atoms with van der Waals surface area (Å²) >= 11 is 0. The van der Waals surface area contributed by atoms with Crippen molar-refractivity contribution in [2.45, 2.75) is 33.2 Å². The Morgan fingerprint density at radius 3 is 2.74 bits per heavy atom. The van der Waals surface area contributed by atoms with Gasteiger partial charge in [-0.15, -0.1) is 0 Å². The summed E-state index contributed by atoms with van der Waals surface area (Å²) in [5.74, 6) is 0.350. The van der Waals surface area contributed by atoms with E-state index in [4.69, 9.17) is 10.5 Å². The molecule has 1 unspecified atom stereocenters. The monoisotopic (exact) mass is 265 g/mol. The van der Waals surface area contributed by atoms with E-state index in [0.717, 1.165) is 12.1 Å². The van der Waals surface area contributed by atoms with Gasteiger partial charge in [0.1, 0.15) is 5.82 Å². The first kappa shape index (κ1) is 15.4. The van der Waals surface area contributed by atoms with Crippen molar-refractivity contribution in [1.82, 2.24) is 9.88 Å².